The Morgan fingerprint density at radius 1 is 0.600 bits per heavy atom. The van der Waals surface area contributed by atoms with Crippen LogP contribution in [0.4, 0.5) is 0 Å². The van der Waals surface area contributed by atoms with E-state index in [4.69, 9.17) is 0 Å². The Labute approximate surface area is 119 Å². The second-order valence-corrected chi connectivity index (χ2v) is 5.59. The molecule has 1 saturated carbocycles. The highest BCUT2D eigenvalue weighted by molar-refractivity contribution is 5.27. The quantitative estimate of drug-likeness (QED) is 0.878. The Balaban J connectivity index is 1.81. The van der Waals surface area contributed by atoms with Gasteiger partial charge in [-0.1, -0.05) is 60.7 Å². The Hall–Kier alpha value is -1.64. The van der Waals surface area contributed by atoms with Gasteiger partial charge in [0.05, 0.1) is 12.2 Å². The molecule has 0 aromatic heterocycles. The molecule has 1 aliphatic carbocycles. The number of aliphatic hydroxyl groups excluding tert-OH is 2. The van der Waals surface area contributed by atoms with Crippen molar-refractivity contribution in [3.05, 3.63) is 71.8 Å². The lowest BCUT2D eigenvalue weighted by Gasteiger charge is -2.38. The van der Waals surface area contributed by atoms with Gasteiger partial charge in [0.15, 0.2) is 0 Å². The molecule has 20 heavy (non-hydrogen) atoms. The van der Waals surface area contributed by atoms with Crippen LogP contribution in [-0.4, -0.2) is 22.4 Å². The third kappa shape index (κ3) is 2.49. The average Bonchev–Trinajstić information content (AvgIpc) is 2.52. The fourth-order valence-corrected chi connectivity index (χ4v) is 3.30. The summed E-state index contributed by atoms with van der Waals surface area (Å²) >= 11 is 0. The van der Waals surface area contributed by atoms with Crippen LogP contribution in [0.2, 0.25) is 0 Å². The number of benzene rings is 2. The molecular formula is C18H20O2. The highest BCUT2D eigenvalue weighted by atomic mass is 16.3. The van der Waals surface area contributed by atoms with Crippen LogP contribution >= 0.6 is 0 Å². The van der Waals surface area contributed by atoms with E-state index in [0.717, 1.165) is 24.0 Å². The summed E-state index contributed by atoms with van der Waals surface area (Å²) < 4.78 is 0. The monoisotopic (exact) mass is 268 g/mol. The molecule has 0 aliphatic heterocycles. The maximum atomic E-state index is 10.5. The molecule has 2 nitrogen and oxygen atoms in total. The predicted molar refractivity (Wildman–Crippen MR) is 79.6 cm³/mol. The summed E-state index contributed by atoms with van der Waals surface area (Å²) in [6, 6.07) is 20.0. The zero-order valence-electron chi connectivity index (χ0n) is 11.4. The SMILES string of the molecule is O[C@@H]1[C@H](O)[C@H](c2ccccc2)CC[C@H]1c1ccccc1. The van der Waals surface area contributed by atoms with Crippen LogP contribution in [-0.2, 0) is 0 Å². The van der Waals surface area contributed by atoms with E-state index in [1.807, 2.05) is 60.7 Å². The van der Waals surface area contributed by atoms with Gasteiger partial charge in [0.1, 0.15) is 0 Å². The van der Waals surface area contributed by atoms with E-state index in [2.05, 4.69) is 0 Å². The maximum Gasteiger partial charge on any atom is 0.0873 e. The van der Waals surface area contributed by atoms with E-state index in [1.165, 1.54) is 0 Å². The van der Waals surface area contributed by atoms with Gasteiger partial charge in [-0.15, -0.1) is 0 Å². The molecule has 2 aromatic rings. The Morgan fingerprint density at radius 3 is 1.30 bits per heavy atom. The molecule has 0 saturated heterocycles. The smallest absolute Gasteiger partial charge is 0.0873 e. The third-order valence-electron chi connectivity index (χ3n) is 4.42. The Kier molecular flexibility index (Phi) is 3.86. The van der Waals surface area contributed by atoms with Crippen molar-refractivity contribution < 1.29 is 10.2 Å². The molecule has 1 fully saturated rings. The fraction of sp³-hybridized carbons (Fsp3) is 0.333. The Morgan fingerprint density at radius 2 is 0.950 bits per heavy atom. The number of hydrogen-bond acceptors (Lipinski definition) is 2. The van der Waals surface area contributed by atoms with E-state index >= 15 is 0 Å². The molecule has 4 atom stereocenters. The molecule has 104 valence electrons. The zero-order valence-corrected chi connectivity index (χ0v) is 11.4. The van der Waals surface area contributed by atoms with Crippen LogP contribution in [0.25, 0.3) is 0 Å². The molecule has 2 N–H and O–H groups in total. The molecule has 0 radical (unpaired) electrons. The minimum Gasteiger partial charge on any atom is -0.390 e. The molecular weight excluding hydrogens is 248 g/mol. The van der Waals surface area contributed by atoms with Crippen molar-refractivity contribution in [2.75, 3.05) is 0 Å². The van der Waals surface area contributed by atoms with Crippen LogP contribution in [0.15, 0.2) is 60.7 Å². The summed E-state index contributed by atoms with van der Waals surface area (Å²) in [5.41, 5.74) is 2.23. The van der Waals surface area contributed by atoms with Crippen LogP contribution in [0.1, 0.15) is 35.8 Å². The van der Waals surface area contributed by atoms with Crippen LogP contribution < -0.4 is 0 Å². The van der Waals surface area contributed by atoms with Gasteiger partial charge in [-0.25, -0.2) is 0 Å². The number of aliphatic hydroxyl groups is 2. The first-order valence-electron chi connectivity index (χ1n) is 7.23. The highest BCUT2D eigenvalue weighted by Crippen LogP contribution is 2.40. The summed E-state index contributed by atoms with van der Waals surface area (Å²) in [5.74, 6) is 0.0670. The summed E-state index contributed by atoms with van der Waals surface area (Å²) in [5, 5.41) is 20.9. The maximum absolute atomic E-state index is 10.5. The fourth-order valence-electron chi connectivity index (χ4n) is 3.30. The van der Waals surface area contributed by atoms with E-state index in [1.54, 1.807) is 0 Å². The normalized spacial score (nSPS) is 30.1. The van der Waals surface area contributed by atoms with E-state index in [0.29, 0.717) is 0 Å². The second kappa shape index (κ2) is 5.78. The molecule has 2 heteroatoms. The zero-order chi connectivity index (χ0) is 13.9. The largest absolute Gasteiger partial charge is 0.390 e. The number of rotatable bonds is 2. The van der Waals surface area contributed by atoms with Gasteiger partial charge in [-0.05, 0) is 24.0 Å². The molecule has 0 unspecified atom stereocenters. The van der Waals surface area contributed by atoms with Gasteiger partial charge in [-0.2, -0.15) is 0 Å². The van der Waals surface area contributed by atoms with Crippen LogP contribution in [0, 0.1) is 0 Å². The molecule has 0 amide bonds. The molecule has 3 rings (SSSR count). The van der Waals surface area contributed by atoms with Crippen molar-refractivity contribution in [2.24, 2.45) is 0 Å². The van der Waals surface area contributed by atoms with Gasteiger partial charge in [-0.3, -0.25) is 0 Å². The van der Waals surface area contributed by atoms with Crippen LogP contribution in [0.5, 0.6) is 0 Å². The first-order valence-corrected chi connectivity index (χ1v) is 7.23. The minimum atomic E-state index is -0.698. The minimum absolute atomic E-state index is 0.0335. The van der Waals surface area contributed by atoms with E-state index < -0.39 is 12.2 Å². The number of hydrogen-bond donors (Lipinski definition) is 2. The van der Waals surface area contributed by atoms with Gasteiger partial charge in [0, 0.05) is 11.8 Å². The lowest BCUT2D eigenvalue weighted by Crippen LogP contribution is -2.41. The molecule has 0 spiro atoms. The first kappa shape index (κ1) is 13.3. The van der Waals surface area contributed by atoms with Gasteiger partial charge >= 0.3 is 0 Å². The molecule has 0 heterocycles. The van der Waals surface area contributed by atoms with Crippen molar-refractivity contribution in [3.63, 3.8) is 0 Å². The van der Waals surface area contributed by atoms with Gasteiger partial charge in [0.2, 0.25) is 0 Å². The van der Waals surface area contributed by atoms with Gasteiger partial charge in [0.25, 0.3) is 0 Å². The lowest BCUT2D eigenvalue weighted by atomic mass is 9.72. The second-order valence-electron chi connectivity index (χ2n) is 5.59. The lowest BCUT2D eigenvalue weighted by molar-refractivity contribution is -0.0361. The predicted octanol–water partition coefficient (Wildman–Crippen LogP) is 3.07. The average molecular weight is 268 g/mol. The summed E-state index contributed by atoms with van der Waals surface area (Å²) in [4.78, 5) is 0. The molecule has 2 aromatic carbocycles. The van der Waals surface area contributed by atoms with E-state index in [9.17, 15) is 10.2 Å². The summed E-state index contributed by atoms with van der Waals surface area (Å²) in [6.07, 6.45) is 0.413. The van der Waals surface area contributed by atoms with Crippen molar-refractivity contribution >= 4 is 0 Å². The van der Waals surface area contributed by atoms with Crippen molar-refractivity contribution in [1.29, 1.82) is 0 Å². The molecule has 1 aliphatic rings. The van der Waals surface area contributed by atoms with Crippen molar-refractivity contribution in [2.45, 2.75) is 36.9 Å². The van der Waals surface area contributed by atoms with Crippen LogP contribution in [0.3, 0.4) is 0 Å². The topological polar surface area (TPSA) is 40.5 Å². The first-order chi connectivity index (χ1) is 9.77. The van der Waals surface area contributed by atoms with Crippen molar-refractivity contribution in [3.8, 4) is 0 Å². The molecule has 0 bridgehead atoms. The van der Waals surface area contributed by atoms with E-state index in [-0.39, 0.29) is 11.8 Å². The van der Waals surface area contributed by atoms with Gasteiger partial charge < -0.3 is 10.2 Å². The Bertz CT molecular complexity index is 486. The standard InChI is InChI=1S/C18H20O2/c19-17-15(13-7-3-1-4-8-13)11-12-16(18(17)20)14-9-5-2-6-10-14/h1-10,15-20H,11-12H2/t15-,16-,17-,18+/m0/s1. The highest BCUT2D eigenvalue weighted by Gasteiger charge is 2.38. The van der Waals surface area contributed by atoms with Crippen molar-refractivity contribution in [1.82, 2.24) is 0 Å². The third-order valence-corrected chi connectivity index (χ3v) is 4.42. The summed E-state index contributed by atoms with van der Waals surface area (Å²) in [7, 11) is 0. The summed E-state index contributed by atoms with van der Waals surface area (Å²) in [6.45, 7) is 0.